The lowest BCUT2D eigenvalue weighted by molar-refractivity contribution is 0.102. The molecule has 0 bridgehead atoms. The number of hydrogen-bond acceptors (Lipinski definition) is 6. The van der Waals surface area contributed by atoms with E-state index >= 15 is 0 Å². The molecule has 1 saturated heterocycles. The Morgan fingerprint density at radius 1 is 1.19 bits per heavy atom. The first kappa shape index (κ1) is 18.3. The number of nitrogens with one attached hydrogen (secondary N) is 1. The number of amides is 1. The summed E-state index contributed by atoms with van der Waals surface area (Å²) in [6, 6.07) is 5.58. The highest BCUT2D eigenvalue weighted by molar-refractivity contribution is 6.02. The van der Waals surface area contributed by atoms with Crippen LogP contribution in [0.4, 0.5) is 11.5 Å². The third kappa shape index (κ3) is 4.80. The van der Waals surface area contributed by atoms with Crippen molar-refractivity contribution in [2.24, 2.45) is 0 Å². The summed E-state index contributed by atoms with van der Waals surface area (Å²) >= 11 is 0. The fraction of sp³-hybridized carbons (Fsp3) is 0.500. The number of aromatic nitrogens is 3. The van der Waals surface area contributed by atoms with Crippen LogP contribution in [0.5, 0.6) is 0 Å². The molecule has 0 spiro atoms. The number of rotatable bonds is 6. The van der Waals surface area contributed by atoms with E-state index in [2.05, 4.69) is 37.1 Å². The van der Waals surface area contributed by atoms with Crippen molar-refractivity contribution in [1.29, 1.82) is 0 Å². The smallest absolute Gasteiger partial charge is 0.276 e. The van der Waals surface area contributed by atoms with Crippen LogP contribution in [0.3, 0.4) is 0 Å². The van der Waals surface area contributed by atoms with Crippen LogP contribution in [0.1, 0.15) is 10.5 Å². The van der Waals surface area contributed by atoms with E-state index in [-0.39, 0.29) is 5.91 Å². The molecule has 0 saturated carbocycles. The van der Waals surface area contributed by atoms with Gasteiger partial charge in [-0.3, -0.25) is 9.48 Å². The first-order valence-electron chi connectivity index (χ1n) is 8.90. The normalized spacial score (nSPS) is 15.5. The number of anilines is 2. The van der Waals surface area contributed by atoms with Crippen LogP contribution in [0, 0.1) is 0 Å². The lowest BCUT2D eigenvalue weighted by atomic mass is 10.3. The lowest BCUT2D eigenvalue weighted by Crippen LogP contribution is -2.44. The number of carbonyl (C=O) groups is 1. The summed E-state index contributed by atoms with van der Waals surface area (Å²) in [6.45, 7) is 5.65. The van der Waals surface area contributed by atoms with Gasteiger partial charge in [-0.1, -0.05) is 0 Å². The molecular formula is C18H27N7O. The monoisotopic (exact) mass is 357 g/mol. The van der Waals surface area contributed by atoms with Gasteiger partial charge in [-0.05, 0) is 39.3 Å². The van der Waals surface area contributed by atoms with Gasteiger partial charge in [0.1, 0.15) is 5.82 Å². The van der Waals surface area contributed by atoms with Crippen molar-refractivity contribution in [2.45, 2.75) is 6.54 Å². The molecule has 0 radical (unpaired) electrons. The number of pyridine rings is 1. The quantitative estimate of drug-likeness (QED) is 0.826. The SMILES string of the molecule is CN(C)CCn1ccc(C(=O)Nc2ccc(N3CCN(C)CC3)nc2)n1. The number of likely N-dealkylation sites (N-methyl/N-ethyl adjacent to an activating group) is 2. The van der Waals surface area contributed by atoms with Crippen LogP contribution < -0.4 is 10.2 Å². The van der Waals surface area contributed by atoms with Crippen molar-refractivity contribution < 1.29 is 4.79 Å². The Hall–Kier alpha value is -2.45. The van der Waals surface area contributed by atoms with Gasteiger partial charge in [0.05, 0.1) is 18.4 Å². The molecule has 3 rings (SSSR count). The Kier molecular flexibility index (Phi) is 5.85. The van der Waals surface area contributed by atoms with Gasteiger partial charge in [-0.2, -0.15) is 5.10 Å². The van der Waals surface area contributed by atoms with Crippen molar-refractivity contribution in [1.82, 2.24) is 24.6 Å². The fourth-order valence-corrected chi connectivity index (χ4v) is 2.79. The summed E-state index contributed by atoms with van der Waals surface area (Å²) in [5, 5.41) is 7.18. The fourth-order valence-electron chi connectivity index (χ4n) is 2.79. The standard InChI is InChI=1S/C18H27N7O/c1-22(2)8-13-25-7-6-16(21-25)18(26)20-15-4-5-17(19-14-15)24-11-9-23(3)10-12-24/h4-7,14H,8-13H2,1-3H3,(H,20,26). The molecule has 2 aromatic rings. The van der Waals surface area contributed by atoms with Crippen LogP contribution in [-0.2, 0) is 6.54 Å². The minimum atomic E-state index is -0.220. The van der Waals surface area contributed by atoms with Crippen LogP contribution in [0.25, 0.3) is 0 Å². The molecule has 1 aliphatic rings. The molecule has 2 aromatic heterocycles. The van der Waals surface area contributed by atoms with Gasteiger partial charge < -0.3 is 20.0 Å². The van der Waals surface area contributed by atoms with E-state index in [0.29, 0.717) is 11.4 Å². The highest BCUT2D eigenvalue weighted by atomic mass is 16.1. The number of hydrogen-bond donors (Lipinski definition) is 1. The Morgan fingerprint density at radius 2 is 1.96 bits per heavy atom. The molecular weight excluding hydrogens is 330 g/mol. The molecule has 0 aliphatic carbocycles. The maximum absolute atomic E-state index is 12.3. The van der Waals surface area contributed by atoms with Crippen LogP contribution in [0.15, 0.2) is 30.6 Å². The van der Waals surface area contributed by atoms with Crippen molar-refractivity contribution in [3.63, 3.8) is 0 Å². The van der Waals surface area contributed by atoms with Crippen molar-refractivity contribution in [3.8, 4) is 0 Å². The van der Waals surface area contributed by atoms with Crippen molar-refractivity contribution in [3.05, 3.63) is 36.3 Å². The van der Waals surface area contributed by atoms with E-state index in [9.17, 15) is 4.79 Å². The lowest BCUT2D eigenvalue weighted by Gasteiger charge is -2.33. The maximum atomic E-state index is 12.3. The topological polar surface area (TPSA) is 69.5 Å². The third-order valence-electron chi connectivity index (χ3n) is 4.48. The minimum Gasteiger partial charge on any atom is -0.354 e. The molecule has 8 nitrogen and oxygen atoms in total. The zero-order valence-corrected chi connectivity index (χ0v) is 15.7. The molecule has 1 amide bonds. The van der Waals surface area contributed by atoms with Gasteiger partial charge in [0.15, 0.2) is 5.69 Å². The molecule has 0 unspecified atom stereocenters. The van der Waals surface area contributed by atoms with Crippen molar-refractivity contribution in [2.75, 3.05) is 64.1 Å². The maximum Gasteiger partial charge on any atom is 0.276 e. The second-order valence-corrected chi connectivity index (χ2v) is 6.92. The molecule has 140 valence electrons. The molecule has 8 heteroatoms. The second kappa shape index (κ2) is 8.29. The largest absolute Gasteiger partial charge is 0.354 e. The zero-order chi connectivity index (χ0) is 18.5. The van der Waals surface area contributed by atoms with E-state index < -0.39 is 0 Å². The molecule has 26 heavy (non-hydrogen) atoms. The highest BCUT2D eigenvalue weighted by Gasteiger charge is 2.15. The average molecular weight is 357 g/mol. The first-order chi connectivity index (χ1) is 12.5. The van der Waals surface area contributed by atoms with Gasteiger partial charge in [0, 0.05) is 38.9 Å². The molecule has 1 N–H and O–H groups in total. The Balaban J connectivity index is 1.56. The summed E-state index contributed by atoms with van der Waals surface area (Å²) in [6.07, 6.45) is 3.53. The second-order valence-electron chi connectivity index (χ2n) is 6.92. The average Bonchev–Trinajstić information content (AvgIpc) is 3.11. The van der Waals surface area contributed by atoms with Gasteiger partial charge in [0.25, 0.3) is 5.91 Å². The summed E-state index contributed by atoms with van der Waals surface area (Å²) in [5.74, 6) is 0.729. The summed E-state index contributed by atoms with van der Waals surface area (Å²) in [4.78, 5) is 23.5. The van der Waals surface area contributed by atoms with Gasteiger partial charge >= 0.3 is 0 Å². The number of nitrogens with zero attached hydrogens (tertiary/aromatic N) is 6. The number of piperazine rings is 1. The molecule has 0 aromatic carbocycles. The molecule has 1 aliphatic heterocycles. The Morgan fingerprint density at radius 3 is 2.62 bits per heavy atom. The summed E-state index contributed by atoms with van der Waals surface area (Å²) in [5.41, 5.74) is 1.09. The van der Waals surface area contributed by atoms with Gasteiger partial charge in [0.2, 0.25) is 0 Å². The first-order valence-corrected chi connectivity index (χ1v) is 8.90. The molecule has 0 atom stereocenters. The van der Waals surface area contributed by atoms with Gasteiger partial charge in [-0.25, -0.2) is 4.98 Å². The van der Waals surface area contributed by atoms with Crippen LogP contribution in [-0.4, -0.2) is 84.3 Å². The van der Waals surface area contributed by atoms with Crippen LogP contribution in [0.2, 0.25) is 0 Å². The predicted octanol–water partition coefficient (Wildman–Crippen LogP) is 0.844. The zero-order valence-electron chi connectivity index (χ0n) is 15.7. The summed E-state index contributed by atoms with van der Waals surface area (Å²) in [7, 11) is 6.15. The third-order valence-corrected chi connectivity index (χ3v) is 4.48. The van der Waals surface area contributed by atoms with E-state index in [1.807, 2.05) is 32.4 Å². The highest BCUT2D eigenvalue weighted by Crippen LogP contribution is 2.16. The van der Waals surface area contributed by atoms with E-state index in [1.165, 1.54) is 0 Å². The van der Waals surface area contributed by atoms with E-state index in [0.717, 1.165) is 45.1 Å². The van der Waals surface area contributed by atoms with Crippen LogP contribution >= 0.6 is 0 Å². The minimum absolute atomic E-state index is 0.220. The predicted molar refractivity (Wildman–Crippen MR) is 103 cm³/mol. The van der Waals surface area contributed by atoms with E-state index in [4.69, 9.17) is 0 Å². The number of carbonyl (C=O) groups excluding carboxylic acids is 1. The summed E-state index contributed by atoms with van der Waals surface area (Å²) < 4.78 is 1.78. The van der Waals surface area contributed by atoms with Crippen molar-refractivity contribution >= 4 is 17.4 Å². The molecule has 1 fully saturated rings. The Bertz CT molecular complexity index is 717. The molecule has 3 heterocycles. The van der Waals surface area contributed by atoms with Gasteiger partial charge in [-0.15, -0.1) is 0 Å². The van der Waals surface area contributed by atoms with E-state index in [1.54, 1.807) is 16.9 Å². The Labute approximate surface area is 154 Å².